The van der Waals surface area contributed by atoms with Crippen LogP contribution in [0, 0.1) is 5.92 Å². The molecular formula is C20H28N2O7. The molecule has 1 aliphatic carbocycles. The maximum absolute atomic E-state index is 13.3. The second-order valence-corrected chi connectivity index (χ2v) is 7.58. The van der Waals surface area contributed by atoms with E-state index in [4.69, 9.17) is 18.9 Å². The Morgan fingerprint density at radius 3 is 2.59 bits per heavy atom. The predicted molar refractivity (Wildman–Crippen MR) is 101 cm³/mol. The van der Waals surface area contributed by atoms with Crippen LogP contribution in [0.15, 0.2) is 22.6 Å². The summed E-state index contributed by atoms with van der Waals surface area (Å²) in [6, 6.07) is 0.191. The molecule has 0 aromatic heterocycles. The number of carbonyl (C=O) groups excluding carboxylic acids is 2. The molecule has 0 aromatic carbocycles. The highest BCUT2D eigenvalue weighted by Crippen LogP contribution is 2.55. The Morgan fingerprint density at radius 2 is 1.90 bits per heavy atom. The average Bonchev–Trinajstić information content (AvgIpc) is 3.33. The maximum Gasteiger partial charge on any atom is 0.226 e. The number of ether oxygens (including phenoxy) is 4. The molecule has 0 aromatic rings. The fraction of sp³-hybridized carbons (Fsp3) is 0.700. The standard InChI is InChI=1S/C20H28N2O7/c1-4-27-5-6-28-7-8-29-18-11(2)16(24)15-14(17(18)25)12(10-23)20(26-3)19-13(21-19)9-22(15)20/h12-13,19,21,23H,4-10H2,1-3H3. The lowest BCUT2D eigenvalue weighted by Crippen LogP contribution is -2.54. The van der Waals surface area contributed by atoms with Gasteiger partial charge >= 0.3 is 0 Å². The van der Waals surface area contributed by atoms with E-state index in [2.05, 4.69) is 5.32 Å². The molecule has 160 valence electrons. The Kier molecular flexibility index (Phi) is 5.52. The number of fused-ring (bicyclic) bond motifs is 4. The van der Waals surface area contributed by atoms with Crippen molar-refractivity contribution in [2.45, 2.75) is 31.7 Å². The van der Waals surface area contributed by atoms with Crippen LogP contribution in [-0.2, 0) is 28.5 Å². The van der Waals surface area contributed by atoms with Gasteiger partial charge in [-0.1, -0.05) is 0 Å². The molecule has 4 aliphatic rings. The summed E-state index contributed by atoms with van der Waals surface area (Å²) >= 11 is 0. The number of aliphatic hydroxyl groups excluding tert-OH is 1. The zero-order valence-electron chi connectivity index (χ0n) is 17.0. The lowest BCUT2D eigenvalue weighted by Gasteiger charge is -2.39. The van der Waals surface area contributed by atoms with Crippen LogP contribution in [-0.4, -0.2) is 92.7 Å². The molecular weight excluding hydrogens is 380 g/mol. The highest BCUT2D eigenvalue weighted by Gasteiger charge is 2.72. The zero-order valence-corrected chi connectivity index (χ0v) is 17.0. The van der Waals surface area contributed by atoms with Gasteiger partial charge in [0.2, 0.25) is 11.6 Å². The molecule has 2 fully saturated rings. The molecule has 0 radical (unpaired) electrons. The lowest BCUT2D eigenvalue weighted by molar-refractivity contribution is -0.137. The van der Waals surface area contributed by atoms with E-state index in [1.54, 1.807) is 14.0 Å². The van der Waals surface area contributed by atoms with Crippen LogP contribution in [0.2, 0.25) is 0 Å². The Bertz CT molecular complexity index is 777. The van der Waals surface area contributed by atoms with Crippen molar-refractivity contribution in [3.05, 3.63) is 22.6 Å². The number of carbonyl (C=O) groups is 2. The number of hydrogen-bond donors (Lipinski definition) is 2. The van der Waals surface area contributed by atoms with Crippen LogP contribution < -0.4 is 5.32 Å². The summed E-state index contributed by atoms with van der Waals surface area (Å²) in [7, 11) is 1.56. The number of Topliss-reactive ketones (excluding diaryl/α,β-unsaturated/α-hetero) is 2. The van der Waals surface area contributed by atoms with Crippen molar-refractivity contribution >= 4 is 11.6 Å². The van der Waals surface area contributed by atoms with Gasteiger partial charge in [0.25, 0.3) is 0 Å². The van der Waals surface area contributed by atoms with E-state index in [1.165, 1.54) is 0 Å². The Hall–Kier alpha value is -1.78. The van der Waals surface area contributed by atoms with Gasteiger partial charge in [0.15, 0.2) is 11.5 Å². The van der Waals surface area contributed by atoms with Gasteiger partial charge in [0.05, 0.1) is 44.1 Å². The Labute approximate surface area is 169 Å². The quantitative estimate of drug-likeness (QED) is 0.276. The van der Waals surface area contributed by atoms with Crippen molar-refractivity contribution in [3.8, 4) is 0 Å². The minimum absolute atomic E-state index is 0.0146. The lowest BCUT2D eigenvalue weighted by atomic mass is 9.83. The van der Waals surface area contributed by atoms with Crippen molar-refractivity contribution in [3.63, 3.8) is 0 Å². The molecule has 4 unspecified atom stereocenters. The number of nitrogens with one attached hydrogen (secondary N) is 1. The van der Waals surface area contributed by atoms with Gasteiger partial charge in [0.1, 0.15) is 6.61 Å². The number of piperazine rings is 1. The maximum atomic E-state index is 13.3. The molecule has 0 saturated carbocycles. The summed E-state index contributed by atoms with van der Waals surface area (Å²) in [5.41, 5.74) is 0.0142. The molecule has 9 heteroatoms. The Balaban J connectivity index is 1.50. The zero-order chi connectivity index (χ0) is 20.8. The normalized spacial score (nSPS) is 32.7. The first-order valence-electron chi connectivity index (χ1n) is 10.0. The smallest absolute Gasteiger partial charge is 0.226 e. The number of nitrogens with zero attached hydrogens (tertiary/aromatic N) is 1. The van der Waals surface area contributed by atoms with Crippen LogP contribution >= 0.6 is 0 Å². The second kappa shape index (κ2) is 7.81. The minimum Gasteiger partial charge on any atom is -0.487 e. The molecule has 0 amide bonds. The van der Waals surface area contributed by atoms with Crippen molar-refractivity contribution < 1.29 is 33.6 Å². The first-order valence-corrected chi connectivity index (χ1v) is 10.0. The van der Waals surface area contributed by atoms with Gasteiger partial charge < -0.3 is 34.3 Å². The van der Waals surface area contributed by atoms with Crippen LogP contribution in [0.1, 0.15) is 13.8 Å². The molecule has 0 bridgehead atoms. The van der Waals surface area contributed by atoms with E-state index in [1.807, 2.05) is 11.8 Å². The van der Waals surface area contributed by atoms with Crippen LogP contribution in [0.25, 0.3) is 0 Å². The highest BCUT2D eigenvalue weighted by molar-refractivity contribution is 6.25. The number of ketones is 2. The molecule has 4 rings (SSSR count). The van der Waals surface area contributed by atoms with Crippen LogP contribution in [0.4, 0.5) is 0 Å². The molecule has 2 N–H and O–H groups in total. The molecule has 9 nitrogen and oxygen atoms in total. The third-order valence-corrected chi connectivity index (χ3v) is 6.21. The third-order valence-electron chi connectivity index (χ3n) is 6.21. The van der Waals surface area contributed by atoms with Gasteiger partial charge in [-0.2, -0.15) is 0 Å². The number of rotatable bonds is 10. The SMILES string of the molecule is CCOCCOCCOC1=C(C)C(=O)C2=C(C1=O)C(CO)C1(OC)C3NC3CN21. The van der Waals surface area contributed by atoms with Gasteiger partial charge in [0, 0.05) is 37.4 Å². The van der Waals surface area contributed by atoms with Gasteiger partial charge in [-0.15, -0.1) is 0 Å². The first-order chi connectivity index (χ1) is 14.0. The molecule has 0 spiro atoms. The largest absolute Gasteiger partial charge is 0.487 e. The van der Waals surface area contributed by atoms with Gasteiger partial charge in [-0.25, -0.2) is 0 Å². The summed E-state index contributed by atoms with van der Waals surface area (Å²) in [6.07, 6.45) is 0. The van der Waals surface area contributed by atoms with Crippen LogP contribution in [0.3, 0.4) is 0 Å². The molecule has 4 atom stereocenters. The first kappa shape index (κ1) is 20.5. The average molecular weight is 408 g/mol. The minimum atomic E-state index is -0.909. The van der Waals surface area contributed by atoms with Gasteiger partial charge in [-0.3, -0.25) is 9.59 Å². The number of methoxy groups -OCH3 is 1. The topological polar surface area (TPSA) is 116 Å². The monoisotopic (exact) mass is 408 g/mol. The molecule has 3 aliphatic heterocycles. The molecule has 2 saturated heterocycles. The predicted octanol–water partition coefficient (Wildman–Crippen LogP) is -0.643. The van der Waals surface area contributed by atoms with E-state index in [-0.39, 0.29) is 54.8 Å². The summed E-state index contributed by atoms with van der Waals surface area (Å²) in [5.74, 6) is -1.18. The summed E-state index contributed by atoms with van der Waals surface area (Å²) in [5, 5.41) is 13.5. The van der Waals surface area contributed by atoms with E-state index >= 15 is 0 Å². The van der Waals surface area contributed by atoms with Crippen molar-refractivity contribution in [2.75, 3.05) is 53.3 Å². The van der Waals surface area contributed by atoms with Gasteiger partial charge in [-0.05, 0) is 13.8 Å². The van der Waals surface area contributed by atoms with E-state index in [0.717, 1.165) is 0 Å². The van der Waals surface area contributed by atoms with E-state index in [9.17, 15) is 14.7 Å². The highest BCUT2D eigenvalue weighted by atomic mass is 16.5. The van der Waals surface area contributed by atoms with Crippen molar-refractivity contribution in [2.24, 2.45) is 5.92 Å². The van der Waals surface area contributed by atoms with Crippen molar-refractivity contribution in [1.82, 2.24) is 10.2 Å². The summed E-state index contributed by atoms with van der Waals surface area (Å²) in [4.78, 5) is 28.3. The molecule has 3 heterocycles. The van der Waals surface area contributed by atoms with Crippen molar-refractivity contribution in [1.29, 1.82) is 0 Å². The van der Waals surface area contributed by atoms with Crippen LogP contribution in [0.5, 0.6) is 0 Å². The molecule has 29 heavy (non-hydrogen) atoms. The summed E-state index contributed by atoms with van der Waals surface area (Å²) in [6.45, 7) is 5.78. The van der Waals surface area contributed by atoms with E-state index < -0.39 is 11.6 Å². The fourth-order valence-corrected chi connectivity index (χ4v) is 4.86. The fourth-order valence-electron chi connectivity index (χ4n) is 4.86. The Morgan fingerprint density at radius 1 is 1.17 bits per heavy atom. The summed E-state index contributed by atoms with van der Waals surface area (Å²) < 4.78 is 22.1. The number of aliphatic hydroxyl groups is 1. The third kappa shape index (κ3) is 2.95. The number of hydrogen-bond acceptors (Lipinski definition) is 9. The second-order valence-electron chi connectivity index (χ2n) is 7.58. The van der Waals surface area contributed by atoms with E-state index in [0.29, 0.717) is 37.6 Å². The number of allylic oxidation sites excluding steroid dienone is 2.